The number of nitrogens with one attached hydrogen (secondary N) is 1. The number of carbonyl (C=O) groups excluding carboxylic acids is 1. The van der Waals surface area contributed by atoms with Crippen LogP contribution in [0.25, 0.3) is 0 Å². The molecule has 1 aromatic heterocycles. The first kappa shape index (κ1) is 23.2. The number of amides is 1. The summed E-state index contributed by atoms with van der Waals surface area (Å²) >= 11 is 0. The largest absolute Gasteiger partial charge is 0.497 e. The van der Waals surface area contributed by atoms with Crippen LogP contribution < -0.4 is 14.4 Å². The van der Waals surface area contributed by atoms with Crippen LogP contribution in [-0.2, 0) is 27.9 Å². The summed E-state index contributed by atoms with van der Waals surface area (Å²) in [5.41, 5.74) is 2.08. The van der Waals surface area contributed by atoms with E-state index in [1.165, 1.54) is 26.2 Å². The van der Waals surface area contributed by atoms with Crippen molar-refractivity contribution in [3.63, 3.8) is 0 Å². The number of sulfonamides is 1. The molecular weight excluding hydrogens is 430 g/mol. The van der Waals surface area contributed by atoms with Crippen molar-refractivity contribution in [2.24, 2.45) is 0 Å². The fourth-order valence-corrected chi connectivity index (χ4v) is 4.31. The van der Waals surface area contributed by atoms with Crippen molar-refractivity contribution in [3.8, 4) is 5.75 Å². The molecule has 8 nitrogen and oxygen atoms in total. The van der Waals surface area contributed by atoms with E-state index in [-0.39, 0.29) is 10.8 Å². The number of rotatable bonds is 9. The van der Waals surface area contributed by atoms with Crippen LogP contribution in [0.5, 0.6) is 5.75 Å². The first-order valence-corrected chi connectivity index (χ1v) is 11.4. The predicted octanol–water partition coefficient (Wildman–Crippen LogP) is 3.70. The predicted molar refractivity (Wildman–Crippen MR) is 123 cm³/mol. The lowest BCUT2D eigenvalue weighted by atomic mass is 10.1. The molecule has 9 heteroatoms. The second-order valence-electron chi connectivity index (χ2n) is 7.47. The molecule has 0 spiro atoms. The second kappa shape index (κ2) is 9.78. The molecule has 3 aromatic rings. The van der Waals surface area contributed by atoms with Crippen molar-refractivity contribution in [2.75, 3.05) is 30.8 Å². The van der Waals surface area contributed by atoms with Crippen molar-refractivity contribution >= 4 is 27.3 Å². The number of hydrogen-bond acceptors (Lipinski definition) is 6. The standard InChI is InChI=1S/C23H27N3O5S/c1-17(27)26(16-21-6-5-13-31-21)15-18-14-19(7-12-23(18)25(2)3)24-32(28,29)22-10-8-20(30-4)9-11-22/h5-14,24H,15-16H2,1-4H3. The summed E-state index contributed by atoms with van der Waals surface area (Å²) in [6.07, 6.45) is 1.56. The van der Waals surface area contributed by atoms with E-state index < -0.39 is 10.0 Å². The quantitative estimate of drug-likeness (QED) is 0.527. The van der Waals surface area contributed by atoms with Crippen LogP contribution in [0.15, 0.2) is 70.2 Å². The van der Waals surface area contributed by atoms with Gasteiger partial charge in [-0.3, -0.25) is 9.52 Å². The minimum Gasteiger partial charge on any atom is -0.497 e. The van der Waals surface area contributed by atoms with Gasteiger partial charge in [-0.05, 0) is 60.2 Å². The summed E-state index contributed by atoms with van der Waals surface area (Å²) in [6, 6.07) is 15.0. The molecule has 0 saturated carbocycles. The lowest BCUT2D eigenvalue weighted by Crippen LogP contribution is -2.28. The van der Waals surface area contributed by atoms with Crippen LogP contribution in [0.2, 0.25) is 0 Å². The highest BCUT2D eigenvalue weighted by Crippen LogP contribution is 2.27. The van der Waals surface area contributed by atoms with Crippen LogP contribution in [0.3, 0.4) is 0 Å². The molecule has 1 heterocycles. The summed E-state index contributed by atoms with van der Waals surface area (Å²) in [4.78, 5) is 15.9. The number of nitrogens with zero attached hydrogens (tertiary/aromatic N) is 2. The molecule has 0 bridgehead atoms. The molecule has 0 aliphatic carbocycles. The Morgan fingerprint density at radius 3 is 2.34 bits per heavy atom. The fraction of sp³-hybridized carbons (Fsp3) is 0.261. The van der Waals surface area contributed by atoms with E-state index in [1.807, 2.05) is 31.1 Å². The van der Waals surface area contributed by atoms with Crippen LogP contribution in [0.4, 0.5) is 11.4 Å². The third-order valence-corrected chi connectivity index (χ3v) is 6.31. The van der Waals surface area contributed by atoms with Gasteiger partial charge in [0.05, 0.1) is 24.8 Å². The van der Waals surface area contributed by atoms with Gasteiger partial charge in [0.2, 0.25) is 5.91 Å². The molecule has 0 aliphatic rings. The van der Waals surface area contributed by atoms with Crippen molar-refractivity contribution < 1.29 is 22.4 Å². The van der Waals surface area contributed by atoms with E-state index in [2.05, 4.69) is 4.72 Å². The Morgan fingerprint density at radius 1 is 1.06 bits per heavy atom. The molecule has 0 unspecified atom stereocenters. The Morgan fingerprint density at radius 2 is 1.78 bits per heavy atom. The first-order chi connectivity index (χ1) is 15.2. The summed E-state index contributed by atoms with van der Waals surface area (Å²) in [7, 11) is 1.52. The zero-order valence-electron chi connectivity index (χ0n) is 18.5. The van der Waals surface area contributed by atoms with Gasteiger partial charge in [0.25, 0.3) is 10.0 Å². The maximum Gasteiger partial charge on any atom is 0.261 e. The topological polar surface area (TPSA) is 92.1 Å². The molecule has 1 N–H and O–H groups in total. The van der Waals surface area contributed by atoms with Gasteiger partial charge in [0.15, 0.2) is 0 Å². The van der Waals surface area contributed by atoms with Crippen LogP contribution in [0.1, 0.15) is 18.2 Å². The molecule has 3 rings (SSSR count). The lowest BCUT2D eigenvalue weighted by Gasteiger charge is -2.25. The molecule has 0 saturated heterocycles. The van der Waals surface area contributed by atoms with E-state index in [0.717, 1.165) is 11.3 Å². The highest BCUT2D eigenvalue weighted by molar-refractivity contribution is 7.92. The monoisotopic (exact) mass is 457 g/mol. The Labute approximate surface area is 188 Å². The molecule has 170 valence electrons. The second-order valence-corrected chi connectivity index (χ2v) is 9.16. The third-order valence-electron chi connectivity index (χ3n) is 4.92. The molecule has 2 aromatic carbocycles. The van der Waals surface area contributed by atoms with Crippen molar-refractivity contribution in [3.05, 3.63) is 72.2 Å². The van der Waals surface area contributed by atoms with Crippen LogP contribution in [-0.4, -0.2) is 40.4 Å². The van der Waals surface area contributed by atoms with E-state index in [9.17, 15) is 13.2 Å². The summed E-state index contributed by atoms with van der Waals surface area (Å²) in [6.45, 7) is 2.10. The van der Waals surface area contributed by atoms with Gasteiger partial charge in [-0.1, -0.05) is 0 Å². The Balaban J connectivity index is 1.88. The number of hydrogen-bond donors (Lipinski definition) is 1. The molecule has 0 atom stereocenters. The smallest absolute Gasteiger partial charge is 0.261 e. The molecular formula is C23H27N3O5S. The van der Waals surface area contributed by atoms with Crippen LogP contribution >= 0.6 is 0 Å². The SMILES string of the molecule is COc1ccc(S(=O)(=O)Nc2ccc(N(C)C)c(CN(Cc3ccco3)C(C)=O)c2)cc1. The van der Waals surface area contributed by atoms with E-state index >= 15 is 0 Å². The number of furan rings is 1. The van der Waals surface area contributed by atoms with Crippen molar-refractivity contribution in [1.82, 2.24) is 4.90 Å². The average molecular weight is 458 g/mol. The normalized spacial score (nSPS) is 11.1. The maximum atomic E-state index is 12.8. The Hall–Kier alpha value is -3.46. The van der Waals surface area contributed by atoms with Gasteiger partial charge < -0.3 is 19.0 Å². The number of anilines is 2. The van der Waals surface area contributed by atoms with Crippen LogP contribution in [0, 0.1) is 0 Å². The van der Waals surface area contributed by atoms with Crippen molar-refractivity contribution in [1.29, 1.82) is 0 Å². The van der Waals surface area contributed by atoms with E-state index in [1.54, 1.807) is 41.5 Å². The number of methoxy groups -OCH3 is 1. The van der Waals surface area contributed by atoms with Crippen molar-refractivity contribution in [2.45, 2.75) is 24.9 Å². The number of ether oxygens (including phenoxy) is 1. The first-order valence-electron chi connectivity index (χ1n) is 9.94. The van der Waals surface area contributed by atoms with Gasteiger partial charge >= 0.3 is 0 Å². The zero-order valence-corrected chi connectivity index (χ0v) is 19.3. The zero-order chi connectivity index (χ0) is 23.3. The molecule has 0 radical (unpaired) electrons. The van der Waals surface area contributed by atoms with E-state index in [4.69, 9.17) is 9.15 Å². The lowest BCUT2D eigenvalue weighted by molar-refractivity contribution is -0.130. The van der Waals surface area contributed by atoms with Gasteiger partial charge in [0.1, 0.15) is 11.5 Å². The Kier molecular flexibility index (Phi) is 7.09. The summed E-state index contributed by atoms with van der Waals surface area (Å²) in [5, 5.41) is 0. The minimum absolute atomic E-state index is 0.115. The molecule has 0 fully saturated rings. The summed E-state index contributed by atoms with van der Waals surface area (Å²) < 4.78 is 38.8. The average Bonchev–Trinajstić information content (AvgIpc) is 3.26. The number of benzene rings is 2. The van der Waals surface area contributed by atoms with Gasteiger partial charge in [-0.25, -0.2) is 8.42 Å². The Bertz CT molecular complexity index is 1160. The fourth-order valence-electron chi connectivity index (χ4n) is 3.26. The van der Waals surface area contributed by atoms with Gasteiger partial charge in [0, 0.05) is 38.9 Å². The number of carbonyl (C=O) groups is 1. The van der Waals surface area contributed by atoms with Gasteiger partial charge in [-0.2, -0.15) is 0 Å². The third kappa shape index (κ3) is 5.61. The van der Waals surface area contributed by atoms with E-state index in [0.29, 0.717) is 30.3 Å². The highest BCUT2D eigenvalue weighted by atomic mass is 32.2. The van der Waals surface area contributed by atoms with Gasteiger partial charge in [-0.15, -0.1) is 0 Å². The highest BCUT2D eigenvalue weighted by Gasteiger charge is 2.18. The molecule has 0 aliphatic heterocycles. The maximum absolute atomic E-state index is 12.8. The summed E-state index contributed by atoms with van der Waals surface area (Å²) in [5.74, 6) is 1.13. The molecule has 32 heavy (non-hydrogen) atoms. The molecule has 1 amide bonds. The minimum atomic E-state index is -3.79.